The molecule has 2 aromatic carbocycles. The summed E-state index contributed by atoms with van der Waals surface area (Å²) in [5.74, 6) is -0.670. The zero-order chi connectivity index (χ0) is 24.2. The lowest BCUT2D eigenvalue weighted by Gasteiger charge is -2.20. The third kappa shape index (κ3) is 5.21. The molecule has 0 bridgehead atoms. The molecule has 34 heavy (non-hydrogen) atoms. The molecule has 0 saturated carbocycles. The van der Waals surface area contributed by atoms with Crippen LogP contribution in [-0.2, 0) is 11.8 Å². The van der Waals surface area contributed by atoms with Crippen LogP contribution in [-0.4, -0.2) is 37.9 Å². The van der Waals surface area contributed by atoms with Crippen LogP contribution in [0.15, 0.2) is 67.1 Å². The molecule has 2 aromatic heterocycles. The van der Waals surface area contributed by atoms with Crippen LogP contribution in [0.4, 0.5) is 27.5 Å². The highest BCUT2D eigenvalue weighted by molar-refractivity contribution is 6.31. The maximum Gasteiger partial charge on any atom is 0.328 e. The number of aliphatic carboxylic acids is 1. The van der Waals surface area contributed by atoms with E-state index in [2.05, 4.69) is 15.4 Å². The van der Waals surface area contributed by atoms with Gasteiger partial charge in [-0.25, -0.2) is 14.2 Å². The van der Waals surface area contributed by atoms with Crippen molar-refractivity contribution in [2.75, 3.05) is 17.3 Å². The summed E-state index contributed by atoms with van der Waals surface area (Å²) >= 11 is 5.89. The summed E-state index contributed by atoms with van der Waals surface area (Å²) in [7, 11) is 3.68. The number of aryl methyl sites for hydroxylation is 1. The molecule has 10 heteroatoms. The molecule has 0 unspecified atom stereocenters. The Morgan fingerprint density at radius 3 is 2.76 bits per heavy atom. The van der Waals surface area contributed by atoms with Crippen molar-refractivity contribution in [1.29, 1.82) is 0 Å². The van der Waals surface area contributed by atoms with Crippen LogP contribution in [0.3, 0.4) is 0 Å². The van der Waals surface area contributed by atoms with Crippen molar-refractivity contribution in [2.24, 2.45) is 7.05 Å². The van der Waals surface area contributed by atoms with Crippen LogP contribution in [0.5, 0.6) is 0 Å². The summed E-state index contributed by atoms with van der Waals surface area (Å²) in [4.78, 5) is 21.9. The van der Waals surface area contributed by atoms with E-state index < -0.39 is 11.8 Å². The average molecular weight is 479 g/mol. The Bertz CT molecular complexity index is 1390. The van der Waals surface area contributed by atoms with E-state index in [1.807, 2.05) is 49.5 Å². The second-order valence-electron chi connectivity index (χ2n) is 7.41. The zero-order valence-corrected chi connectivity index (χ0v) is 19.0. The molecule has 2 N–H and O–H groups in total. The Morgan fingerprint density at radius 2 is 2.06 bits per heavy atom. The molecule has 4 aromatic rings. The van der Waals surface area contributed by atoms with Gasteiger partial charge in [0.2, 0.25) is 5.95 Å². The second kappa shape index (κ2) is 9.72. The largest absolute Gasteiger partial charge is 0.478 e. The van der Waals surface area contributed by atoms with Crippen LogP contribution in [0.1, 0.15) is 5.56 Å². The van der Waals surface area contributed by atoms with Crippen LogP contribution in [0, 0.1) is 5.82 Å². The first kappa shape index (κ1) is 22.9. The van der Waals surface area contributed by atoms with E-state index in [9.17, 15) is 9.18 Å². The minimum atomic E-state index is -1.03. The van der Waals surface area contributed by atoms with Crippen molar-refractivity contribution >= 4 is 46.8 Å². The highest BCUT2D eigenvalue weighted by atomic mass is 35.5. The van der Waals surface area contributed by atoms with Crippen molar-refractivity contribution in [3.63, 3.8) is 0 Å². The Kier molecular flexibility index (Phi) is 6.55. The van der Waals surface area contributed by atoms with Gasteiger partial charge in [0.05, 0.1) is 16.9 Å². The van der Waals surface area contributed by atoms with Gasteiger partial charge in [0, 0.05) is 43.8 Å². The third-order valence-electron chi connectivity index (χ3n) is 4.96. The lowest BCUT2D eigenvalue weighted by atomic mass is 10.0. The van der Waals surface area contributed by atoms with E-state index in [0.717, 1.165) is 28.5 Å². The Balaban J connectivity index is 1.77. The van der Waals surface area contributed by atoms with Gasteiger partial charge in [0.1, 0.15) is 11.6 Å². The van der Waals surface area contributed by atoms with Gasteiger partial charge in [-0.2, -0.15) is 10.1 Å². The summed E-state index contributed by atoms with van der Waals surface area (Å²) in [6.45, 7) is 0. The van der Waals surface area contributed by atoms with Crippen molar-refractivity contribution < 1.29 is 14.3 Å². The maximum atomic E-state index is 13.5. The fourth-order valence-corrected chi connectivity index (χ4v) is 3.46. The maximum absolute atomic E-state index is 13.5. The molecule has 0 spiro atoms. The zero-order valence-electron chi connectivity index (χ0n) is 18.3. The first-order chi connectivity index (χ1) is 16.3. The quantitative estimate of drug-likeness (QED) is 0.349. The number of carboxylic acid groups (broad SMARTS) is 1. The minimum absolute atomic E-state index is 0.0134. The van der Waals surface area contributed by atoms with Gasteiger partial charge in [-0.1, -0.05) is 29.8 Å². The molecule has 0 radical (unpaired) electrons. The molecule has 0 saturated heterocycles. The Labute approximate surface area is 200 Å². The summed E-state index contributed by atoms with van der Waals surface area (Å²) in [6.07, 6.45) is 7.84. The topological polar surface area (TPSA) is 96.2 Å². The van der Waals surface area contributed by atoms with E-state index in [1.54, 1.807) is 23.1 Å². The summed E-state index contributed by atoms with van der Waals surface area (Å²) in [6, 6.07) is 11.6. The molecule has 0 amide bonds. The molecule has 2 heterocycles. The molecule has 8 nitrogen and oxygen atoms in total. The summed E-state index contributed by atoms with van der Waals surface area (Å²) in [5.41, 5.74) is 3.59. The van der Waals surface area contributed by atoms with Gasteiger partial charge >= 0.3 is 5.97 Å². The molecular formula is C24H20ClFN6O2. The van der Waals surface area contributed by atoms with E-state index in [0.29, 0.717) is 17.5 Å². The number of nitrogens with zero attached hydrogens (tertiary/aromatic N) is 5. The highest BCUT2D eigenvalue weighted by Gasteiger charge is 2.17. The van der Waals surface area contributed by atoms with Crippen LogP contribution < -0.4 is 10.2 Å². The molecule has 0 aliphatic heterocycles. The van der Waals surface area contributed by atoms with E-state index in [4.69, 9.17) is 21.7 Å². The molecular weight excluding hydrogens is 459 g/mol. The van der Waals surface area contributed by atoms with Crippen molar-refractivity contribution in [1.82, 2.24) is 19.7 Å². The number of carboxylic acids is 1. The van der Waals surface area contributed by atoms with Gasteiger partial charge in [0.15, 0.2) is 0 Å². The van der Waals surface area contributed by atoms with Crippen molar-refractivity contribution in [3.05, 3.63) is 83.5 Å². The van der Waals surface area contributed by atoms with Crippen LogP contribution in [0.25, 0.3) is 17.2 Å². The molecule has 0 aliphatic rings. The number of hydrogen-bond acceptors (Lipinski definition) is 6. The van der Waals surface area contributed by atoms with E-state index >= 15 is 0 Å². The predicted molar refractivity (Wildman–Crippen MR) is 130 cm³/mol. The predicted octanol–water partition coefficient (Wildman–Crippen LogP) is 5.28. The fraction of sp³-hybridized carbons (Fsp3) is 0.0833. The molecule has 0 aliphatic carbocycles. The van der Waals surface area contributed by atoms with E-state index in [-0.39, 0.29) is 5.02 Å². The highest BCUT2D eigenvalue weighted by Crippen LogP contribution is 2.34. The monoisotopic (exact) mass is 478 g/mol. The second-order valence-corrected chi connectivity index (χ2v) is 7.82. The number of benzene rings is 2. The number of rotatable bonds is 7. The van der Waals surface area contributed by atoms with Crippen molar-refractivity contribution in [2.45, 2.75) is 0 Å². The SMILES string of the molecule is CN(c1cnn(C)c1)c1nc(Nc2ccc(F)c(Cl)c2)ncc1-c1cccc(/C=C/C(=O)O)c1. The molecule has 0 atom stereocenters. The van der Waals surface area contributed by atoms with Crippen molar-refractivity contribution in [3.8, 4) is 11.1 Å². The fourth-order valence-electron chi connectivity index (χ4n) is 3.28. The van der Waals surface area contributed by atoms with Gasteiger partial charge in [-0.15, -0.1) is 0 Å². The number of halogens is 2. The van der Waals surface area contributed by atoms with Gasteiger partial charge < -0.3 is 15.3 Å². The lowest BCUT2D eigenvalue weighted by molar-refractivity contribution is -0.131. The smallest absolute Gasteiger partial charge is 0.328 e. The minimum Gasteiger partial charge on any atom is -0.478 e. The van der Waals surface area contributed by atoms with Crippen LogP contribution in [0.2, 0.25) is 5.02 Å². The molecule has 4 rings (SSSR count). The summed E-state index contributed by atoms with van der Waals surface area (Å²) < 4.78 is 15.2. The normalized spacial score (nSPS) is 11.1. The first-order valence-corrected chi connectivity index (χ1v) is 10.5. The Morgan fingerprint density at radius 1 is 1.24 bits per heavy atom. The lowest BCUT2D eigenvalue weighted by Crippen LogP contribution is -2.13. The number of hydrogen-bond donors (Lipinski definition) is 2. The number of anilines is 4. The van der Waals surface area contributed by atoms with Crippen LogP contribution >= 0.6 is 11.6 Å². The number of nitrogens with one attached hydrogen (secondary N) is 1. The van der Waals surface area contributed by atoms with Gasteiger partial charge in [-0.05, 0) is 41.5 Å². The average Bonchev–Trinajstić information content (AvgIpc) is 3.26. The first-order valence-electron chi connectivity index (χ1n) is 10.1. The molecule has 0 fully saturated rings. The van der Waals surface area contributed by atoms with Gasteiger partial charge in [-0.3, -0.25) is 4.68 Å². The molecule has 172 valence electrons. The van der Waals surface area contributed by atoms with Gasteiger partial charge in [0.25, 0.3) is 0 Å². The van der Waals surface area contributed by atoms with E-state index in [1.165, 1.54) is 18.2 Å². The Hall–Kier alpha value is -4.24. The number of aromatic nitrogens is 4. The number of carbonyl (C=O) groups is 1. The standard InChI is InChI=1S/C24H20ClFN6O2/c1-31-14-18(12-28-31)32(2)23-19(16-5-3-4-15(10-16)6-9-22(33)34)13-27-24(30-23)29-17-7-8-21(26)20(25)11-17/h3-14H,1-2H3,(H,33,34)(H,27,29,30)/b9-6+. The summed E-state index contributed by atoms with van der Waals surface area (Å²) in [5, 5.41) is 16.2. The third-order valence-corrected chi connectivity index (χ3v) is 5.25.